The van der Waals surface area contributed by atoms with Crippen molar-refractivity contribution in [3.63, 3.8) is 0 Å². The van der Waals surface area contributed by atoms with Crippen LogP contribution < -0.4 is 19.1 Å². The molecule has 0 saturated heterocycles. The predicted octanol–water partition coefficient (Wildman–Crippen LogP) is 6.56. The van der Waals surface area contributed by atoms with Crippen molar-refractivity contribution in [2.24, 2.45) is 0 Å². The average molecular weight is 586 g/mol. The molecule has 0 aliphatic carbocycles. The Morgan fingerprint density at radius 3 is 2.18 bits per heavy atom. The van der Waals surface area contributed by atoms with Crippen molar-refractivity contribution in [2.45, 2.75) is 6.54 Å². The number of nitrogens with one attached hydrogen (secondary N) is 1. The van der Waals surface area contributed by atoms with E-state index in [2.05, 4.69) is 5.32 Å². The Morgan fingerprint density at radius 2 is 1.51 bits per heavy atom. The molecule has 0 saturated carbocycles. The third-order valence-electron chi connectivity index (χ3n) is 5.57. The number of hydrogen-bond acceptors (Lipinski definition) is 5. The van der Waals surface area contributed by atoms with Crippen molar-refractivity contribution in [3.05, 3.63) is 118 Å². The largest absolute Gasteiger partial charge is 0.492 e. The molecule has 0 aromatic heterocycles. The number of carbonyl (C=O) groups excluding carboxylic acids is 1. The number of anilines is 1. The zero-order chi connectivity index (χ0) is 27.8. The molecule has 1 amide bonds. The van der Waals surface area contributed by atoms with Gasteiger partial charge in [0.15, 0.2) is 5.75 Å². The Balaban J connectivity index is 1.43. The summed E-state index contributed by atoms with van der Waals surface area (Å²) in [4.78, 5) is 12.5. The van der Waals surface area contributed by atoms with Gasteiger partial charge in [0.2, 0.25) is 10.0 Å². The number of hydrogen-bond donors (Lipinski definition) is 1. The van der Waals surface area contributed by atoms with Gasteiger partial charge in [0.1, 0.15) is 18.1 Å². The third kappa shape index (κ3) is 8.13. The Morgan fingerprint density at radius 1 is 0.846 bits per heavy atom. The molecule has 0 heterocycles. The molecule has 202 valence electrons. The highest BCUT2D eigenvalue weighted by atomic mass is 35.5. The van der Waals surface area contributed by atoms with Crippen LogP contribution in [0, 0.1) is 0 Å². The van der Waals surface area contributed by atoms with Crippen LogP contribution in [0.25, 0.3) is 0 Å². The van der Waals surface area contributed by atoms with E-state index in [1.807, 2.05) is 18.2 Å². The van der Waals surface area contributed by atoms with Crippen molar-refractivity contribution in [2.75, 3.05) is 23.7 Å². The molecule has 10 heteroatoms. The minimum Gasteiger partial charge on any atom is -0.492 e. The zero-order valence-electron chi connectivity index (χ0n) is 21.0. The molecule has 0 atom stereocenters. The summed E-state index contributed by atoms with van der Waals surface area (Å²) in [6, 6.07) is 27.5. The Bertz CT molecular complexity index is 1510. The SMILES string of the molecule is CS(=O)(=O)N(Cc1ccc(C(=O)NCCOc2ccc(Cl)cc2)cc1)c1cc(Cl)ccc1Oc1ccccc1. The van der Waals surface area contributed by atoms with Crippen LogP contribution in [0.3, 0.4) is 0 Å². The van der Waals surface area contributed by atoms with Gasteiger partial charge in [-0.05, 0) is 72.3 Å². The van der Waals surface area contributed by atoms with Crippen molar-refractivity contribution < 1.29 is 22.7 Å². The minimum absolute atomic E-state index is 0.0150. The molecular weight excluding hydrogens is 559 g/mol. The van der Waals surface area contributed by atoms with Gasteiger partial charge in [-0.15, -0.1) is 0 Å². The van der Waals surface area contributed by atoms with E-state index >= 15 is 0 Å². The first-order chi connectivity index (χ1) is 18.7. The number of benzene rings is 4. The van der Waals surface area contributed by atoms with E-state index in [0.29, 0.717) is 57.3 Å². The van der Waals surface area contributed by atoms with Gasteiger partial charge in [0.25, 0.3) is 5.91 Å². The molecule has 4 rings (SSSR count). The summed E-state index contributed by atoms with van der Waals surface area (Å²) in [7, 11) is -3.72. The van der Waals surface area contributed by atoms with Gasteiger partial charge < -0.3 is 14.8 Å². The number of carbonyl (C=O) groups is 1. The fourth-order valence-corrected chi connectivity index (χ4v) is 4.84. The second-order valence-corrected chi connectivity index (χ2v) is 11.3. The van der Waals surface area contributed by atoms with Crippen LogP contribution in [0.5, 0.6) is 17.2 Å². The van der Waals surface area contributed by atoms with E-state index in [4.69, 9.17) is 32.7 Å². The van der Waals surface area contributed by atoms with Crippen molar-refractivity contribution in [1.82, 2.24) is 5.32 Å². The normalized spacial score (nSPS) is 11.1. The summed E-state index contributed by atoms with van der Waals surface area (Å²) in [5.41, 5.74) is 1.41. The van der Waals surface area contributed by atoms with Crippen molar-refractivity contribution in [3.8, 4) is 17.2 Å². The monoisotopic (exact) mass is 584 g/mol. The first-order valence-electron chi connectivity index (χ1n) is 11.9. The smallest absolute Gasteiger partial charge is 0.251 e. The van der Waals surface area contributed by atoms with E-state index in [0.717, 1.165) is 6.26 Å². The van der Waals surface area contributed by atoms with E-state index in [1.54, 1.807) is 78.9 Å². The number of amides is 1. The predicted molar refractivity (Wildman–Crippen MR) is 155 cm³/mol. The maximum atomic E-state index is 12.8. The first-order valence-corrected chi connectivity index (χ1v) is 14.5. The van der Waals surface area contributed by atoms with Gasteiger partial charge in [0.05, 0.1) is 25.0 Å². The number of para-hydroxylation sites is 1. The fraction of sp³-hybridized carbons (Fsp3) is 0.138. The van der Waals surface area contributed by atoms with E-state index in [1.165, 1.54) is 4.31 Å². The first kappa shape index (κ1) is 28.3. The summed E-state index contributed by atoms with van der Waals surface area (Å²) in [6.07, 6.45) is 1.12. The second-order valence-electron chi connectivity index (χ2n) is 8.55. The average Bonchev–Trinajstić information content (AvgIpc) is 2.92. The summed E-state index contributed by atoms with van der Waals surface area (Å²) < 4.78 is 38.5. The highest BCUT2D eigenvalue weighted by Gasteiger charge is 2.23. The Labute approximate surface area is 237 Å². The van der Waals surface area contributed by atoms with Crippen LogP contribution in [0.1, 0.15) is 15.9 Å². The number of sulfonamides is 1. The standard InChI is InChI=1S/C29H26Cl2N2O5S/c1-39(35,36)33(27-19-24(31)13-16-28(27)38-26-5-3-2-4-6-26)20-21-7-9-22(10-8-21)29(34)32-17-18-37-25-14-11-23(30)12-15-25/h2-16,19H,17-18,20H2,1H3,(H,32,34). The molecule has 0 aliphatic heterocycles. The molecule has 0 aliphatic rings. The number of ether oxygens (including phenoxy) is 2. The highest BCUT2D eigenvalue weighted by molar-refractivity contribution is 7.92. The fourth-order valence-electron chi connectivity index (χ4n) is 3.66. The lowest BCUT2D eigenvalue weighted by Gasteiger charge is -2.25. The van der Waals surface area contributed by atoms with Crippen LogP contribution in [0.4, 0.5) is 5.69 Å². The lowest BCUT2D eigenvalue weighted by atomic mass is 10.1. The maximum absolute atomic E-state index is 12.8. The molecule has 0 bridgehead atoms. The number of halogens is 2. The Hall–Kier alpha value is -3.72. The second kappa shape index (κ2) is 12.9. The van der Waals surface area contributed by atoms with Crippen LogP contribution in [-0.4, -0.2) is 33.7 Å². The molecule has 0 fully saturated rings. The summed E-state index contributed by atoms with van der Waals surface area (Å²) >= 11 is 12.1. The molecule has 0 spiro atoms. The number of nitrogens with zero attached hydrogens (tertiary/aromatic N) is 1. The molecule has 7 nitrogen and oxygen atoms in total. The van der Waals surface area contributed by atoms with E-state index < -0.39 is 10.0 Å². The minimum atomic E-state index is -3.72. The quantitative estimate of drug-likeness (QED) is 0.202. The maximum Gasteiger partial charge on any atom is 0.251 e. The third-order valence-corrected chi connectivity index (χ3v) is 7.19. The topological polar surface area (TPSA) is 84.9 Å². The molecular formula is C29H26Cl2N2O5S. The molecule has 39 heavy (non-hydrogen) atoms. The molecule has 0 radical (unpaired) electrons. The van der Waals surface area contributed by atoms with Crippen LogP contribution >= 0.6 is 23.2 Å². The van der Waals surface area contributed by atoms with E-state index in [9.17, 15) is 13.2 Å². The van der Waals surface area contributed by atoms with E-state index in [-0.39, 0.29) is 12.5 Å². The molecule has 4 aromatic rings. The van der Waals surface area contributed by atoms with Crippen LogP contribution in [0.15, 0.2) is 97.1 Å². The van der Waals surface area contributed by atoms with Gasteiger partial charge in [-0.25, -0.2) is 8.42 Å². The lowest BCUT2D eigenvalue weighted by Crippen LogP contribution is -2.30. The lowest BCUT2D eigenvalue weighted by molar-refractivity contribution is 0.0947. The molecule has 1 N–H and O–H groups in total. The van der Waals surface area contributed by atoms with Crippen molar-refractivity contribution >= 4 is 44.8 Å². The summed E-state index contributed by atoms with van der Waals surface area (Å²) in [5.74, 6) is 1.29. The summed E-state index contributed by atoms with van der Waals surface area (Å²) in [5, 5.41) is 3.78. The van der Waals surface area contributed by atoms with Gasteiger partial charge in [-0.2, -0.15) is 0 Å². The van der Waals surface area contributed by atoms with Crippen molar-refractivity contribution in [1.29, 1.82) is 0 Å². The zero-order valence-corrected chi connectivity index (χ0v) is 23.3. The van der Waals surface area contributed by atoms with Crippen LogP contribution in [0.2, 0.25) is 10.0 Å². The Kier molecular flexibility index (Phi) is 9.35. The van der Waals surface area contributed by atoms with Gasteiger partial charge in [-0.1, -0.05) is 53.5 Å². The van der Waals surface area contributed by atoms with Gasteiger partial charge >= 0.3 is 0 Å². The highest BCUT2D eigenvalue weighted by Crippen LogP contribution is 2.36. The molecule has 0 unspecified atom stereocenters. The number of rotatable bonds is 11. The van der Waals surface area contributed by atoms with Crippen LogP contribution in [-0.2, 0) is 16.6 Å². The van der Waals surface area contributed by atoms with Gasteiger partial charge in [-0.3, -0.25) is 9.10 Å². The summed E-state index contributed by atoms with van der Waals surface area (Å²) in [6.45, 7) is 0.618. The van der Waals surface area contributed by atoms with Gasteiger partial charge in [0, 0.05) is 15.6 Å². The molecule has 4 aromatic carbocycles.